The van der Waals surface area contributed by atoms with E-state index in [-0.39, 0.29) is 0 Å². The first-order valence-corrected chi connectivity index (χ1v) is 11.8. The topological polar surface area (TPSA) is 58.9 Å². The maximum atomic E-state index is 10.4. The minimum atomic E-state index is -0.824. The molecule has 0 bridgehead atoms. The Bertz CT molecular complexity index is 708. The molecule has 0 amide bonds. The normalized spacial score (nSPS) is 13.6. The first-order valence-electron chi connectivity index (χ1n) is 11.8. The summed E-state index contributed by atoms with van der Waals surface area (Å²) in [4.78, 5) is 0. The summed E-state index contributed by atoms with van der Waals surface area (Å²) in [6, 6.07) is 15.7. The Morgan fingerprint density at radius 2 is 1.06 bits per heavy atom. The largest absolute Gasteiger partial charge is 0.465 e. The lowest BCUT2D eigenvalue weighted by Gasteiger charge is -2.31. The molecule has 0 fully saturated rings. The lowest BCUT2D eigenvalue weighted by atomic mass is 9.77. The lowest BCUT2D eigenvalue weighted by molar-refractivity contribution is -0.0263. The lowest BCUT2D eigenvalue weighted by Crippen LogP contribution is -2.25. The number of hydrogen-bond acceptors (Lipinski definition) is 4. The van der Waals surface area contributed by atoms with Crippen molar-refractivity contribution in [2.45, 2.75) is 97.1 Å². The van der Waals surface area contributed by atoms with Gasteiger partial charge in [0.15, 0.2) is 12.6 Å². The van der Waals surface area contributed by atoms with Crippen molar-refractivity contribution < 1.29 is 19.7 Å². The fourth-order valence-electron chi connectivity index (χ4n) is 3.87. The van der Waals surface area contributed by atoms with Gasteiger partial charge in [-0.25, -0.2) is 0 Å². The molecule has 0 aliphatic rings. The van der Waals surface area contributed by atoms with Gasteiger partial charge < -0.3 is 19.7 Å². The van der Waals surface area contributed by atoms with Crippen LogP contribution < -0.4 is 9.47 Å². The first-order chi connectivity index (χ1) is 14.9. The Labute approximate surface area is 188 Å². The van der Waals surface area contributed by atoms with Gasteiger partial charge in [-0.1, -0.05) is 89.8 Å². The maximum Gasteiger partial charge on any atom is 0.197 e. The van der Waals surface area contributed by atoms with Crippen molar-refractivity contribution in [3.05, 3.63) is 59.7 Å². The maximum absolute atomic E-state index is 10.4. The van der Waals surface area contributed by atoms with Crippen LogP contribution in [0.4, 0.5) is 0 Å². The van der Waals surface area contributed by atoms with Gasteiger partial charge in [0.25, 0.3) is 0 Å². The summed E-state index contributed by atoms with van der Waals surface area (Å²) in [6.45, 7) is 8.52. The Balaban J connectivity index is 2.24. The van der Waals surface area contributed by atoms with Crippen molar-refractivity contribution in [1.29, 1.82) is 0 Å². The molecule has 2 N–H and O–H groups in total. The van der Waals surface area contributed by atoms with E-state index in [0.717, 1.165) is 49.7 Å². The molecule has 0 saturated carbocycles. The molecule has 0 heterocycles. The van der Waals surface area contributed by atoms with Gasteiger partial charge in [0.1, 0.15) is 11.5 Å². The first kappa shape index (κ1) is 25.2. The highest BCUT2D eigenvalue weighted by molar-refractivity contribution is 5.50. The van der Waals surface area contributed by atoms with E-state index in [1.807, 2.05) is 48.5 Å². The van der Waals surface area contributed by atoms with Crippen molar-refractivity contribution in [2.24, 2.45) is 0 Å². The standard InChI is InChI=1S/C27H40O4/c1-5-7-9-19-25(28)30-23-17-13-11-15-21(23)27(3,4)22-16-12-14-18-24(22)31-26(29)20-10-8-6-2/h11-18,25-26,28-29H,5-10,19-20H2,1-4H3. The van der Waals surface area contributed by atoms with Crippen LogP contribution in [0.15, 0.2) is 48.5 Å². The van der Waals surface area contributed by atoms with Crippen molar-refractivity contribution >= 4 is 0 Å². The highest BCUT2D eigenvalue weighted by Gasteiger charge is 2.30. The highest BCUT2D eigenvalue weighted by atomic mass is 16.6. The van der Waals surface area contributed by atoms with Crippen LogP contribution in [0.5, 0.6) is 11.5 Å². The zero-order valence-electron chi connectivity index (χ0n) is 19.6. The number of unbranched alkanes of at least 4 members (excludes halogenated alkanes) is 4. The van der Waals surface area contributed by atoms with Gasteiger partial charge in [-0.15, -0.1) is 0 Å². The van der Waals surface area contributed by atoms with E-state index >= 15 is 0 Å². The molecule has 31 heavy (non-hydrogen) atoms. The number of ether oxygens (including phenoxy) is 2. The third kappa shape index (κ3) is 7.55. The number of aliphatic hydroxyl groups excluding tert-OH is 2. The summed E-state index contributed by atoms with van der Waals surface area (Å²) in [5.41, 5.74) is 1.50. The second kappa shape index (κ2) is 12.7. The molecule has 0 aliphatic heterocycles. The third-order valence-electron chi connectivity index (χ3n) is 5.76. The van der Waals surface area contributed by atoms with Crippen LogP contribution in [-0.4, -0.2) is 22.8 Å². The number of para-hydroxylation sites is 2. The molecule has 4 nitrogen and oxygen atoms in total. The molecule has 0 aromatic heterocycles. The van der Waals surface area contributed by atoms with Gasteiger partial charge in [-0.3, -0.25) is 0 Å². The van der Waals surface area contributed by atoms with E-state index in [4.69, 9.17) is 9.47 Å². The van der Waals surface area contributed by atoms with Crippen molar-refractivity contribution in [3.8, 4) is 11.5 Å². The number of benzene rings is 2. The molecule has 4 heteroatoms. The second-order valence-electron chi connectivity index (χ2n) is 8.75. The summed E-state index contributed by atoms with van der Waals surface area (Å²) >= 11 is 0. The van der Waals surface area contributed by atoms with Crippen molar-refractivity contribution in [2.75, 3.05) is 0 Å². The third-order valence-corrected chi connectivity index (χ3v) is 5.76. The number of rotatable bonds is 14. The zero-order chi connectivity index (χ0) is 22.7. The van der Waals surface area contributed by atoms with Crippen LogP contribution in [-0.2, 0) is 5.41 Å². The minimum Gasteiger partial charge on any atom is -0.465 e. The molecule has 0 spiro atoms. The quantitative estimate of drug-likeness (QED) is 0.264. The molecule has 172 valence electrons. The van der Waals surface area contributed by atoms with Crippen LogP contribution >= 0.6 is 0 Å². The molecule has 2 rings (SSSR count). The highest BCUT2D eigenvalue weighted by Crippen LogP contribution is 2.41. The molecule has 2 atom stereocenters. The average Bonchev–Trinajstić information content (AvgIpc) is 2.74. The molecule has 0 aliphatic carbocycles. The zero-order valence-corrected chi connectivity index (χ0v) is 19.6. The smallest absolute Gasteiger partial charge is 0.197 e. The Hall–Kier alpha value is -2.04. The van der Waals surface area contributed by atoms with E-state index < -0.39 is 18.0 Å². The molecular formula is C27H40O4. The molecule has 2 aromatic rings. The predicted octanol–water partition coefficient (Wildman–Crippen LogP) is 6.57. The van der Waals surface area contributed by atoms with Crippen LogP contribution in [0.1, 0.15) is 90.2 Å². The number of aliphatic hydroxyl groups is 2. The molecule has 2 aromatic carbocycles. The molecule has 2 unspecified atom stereocenters. The summed E-state index contributed by atoms with van der Waals surface area (Å²) in [5.74, 6) is 1.35. The van der Waals surface area contributed by atoms with Gasteiger partial charge in [0.2, 0.25) is 0 Å². The van der Waals surface area contributed by atoms with E-state index in [0.29, 0.717) is 24.3 Å². The van der Waals surface area contributed by atoms with Crippen molar-refractivity contribution in [1.82, 2.24) is 0 Å². The van der Waals surface area contributed by atoms with Gasteiger partial charge >= 0.3 is 0 Å². The fourth-order valence-corrected chi connectivity index (χ4v) is 3.87. The van der Waals surface area contributed by atoms with Crippen LogP contribution in [0.2, 0.25) is 0 Å². The van der Waals surface area contributed by atoms with Gasteiger partial charge in [-0.05, 0) is 25.0 Å². The van der Waals surface area contributed by atoms with E-state index in [2.05, 4.69) is 27.7 Å². The minimum absolute atomic E-state index is 0.445. The Morgan fingerprint density at radius 1 is 0.677 bits per heavy atom. The van der Waals surface area contributed by atoms with Crippen LogP contribution in [0.25, 0.3) is 0 Å². The Kier molecular flexibility index (Phi) is 10.4. The monoisotopic (exact) mass is 428 g/mol. The summed E-state index contributed by atoms with van der Waals surface area (Å²) in [6.07, 6.45) is 5.85. The molecule has 0 radical (unpaired) electrons. The van der Waals surface area contributed by atoms with E-state index in [9.17, 15) is 10.2 Å². The van der Waals surface area contributed by atoms with Gasteiger partial charge in [-0.2, -0.15) is 0 Å². The van der Waals surface area contributed by atoms with Crippen LogP contribution in [0, 0.1) is 0 Å². The average molecular weight is 429 g/mol. The van der Waals surface area contributed by atoms with Crippen molar-refractivity contribution in [3.63, 3.8) is 0 Å². The van der Waals surface area contributed by atoms with Crippen LogP contribution in [0.3, 0.4) is 0 Å². The SMILES string of the molecule is CCCCCC(O)Oc1ccccc1C(C)(C)c1ccccc1OC(O)CCCCC. The molecule has 0 saturated heterocycles. The number of hydrogen-bond donors (Lipinski definition) is 2. The summed E-state index contributed by atoms with van der Waals surface area (Å²) in [7, 11) is 0. The summed E-state index contributed by atoms with van der Waals surface area (Å²) in [5, 5.41) is 20.8. The van der Waals surface area contributed by atoms with Gasteiger partial charge in [0, 0.05) is 29.4 Å². The Morgan fingerprint density at radius 3 is 1.45 bits per heavy atom. The molecular weight excluding hydrogens is 388 g/mol. The summed E-state index contributed by atoms with van der Waals surface area (Å²) < 4.78 is 11.9. The predicted molar refractivity (Wildman–Crippen MR) is 127 cm³/mol. The van der Waals surface area contributed by atoms with E-state index in [1.165, 1.54) is 0 Å². The fraction of sp³-hybridized carbons (Fsp3) is 0.556. The van der Waals surface area contributed by atoms with E-state index in [1.54, 1.807) is 0 Å². The second-order valence-corrected chi connectivity index (χ2v) is 8.75. The van der Waals surface area contributed by atoms with Gasteiger partial charge in [0.05, 0.1) is 0 Å².